The minimum Gasteiger partial charge on any atom is -0.545 e. The maximum atomic E-state index is 13.8. The van der Waals surface area contributed by atoms with Gasteiger partial charge in [0, 0.05) is 105 Å². The van der Waals surface area contributed by atoms with E-state index in [9.17, 15) is 24.3 Å². The van der Waals surface area contributed by atoms with E-state index in [1.165, 1.54) is 39.4 Å². The number of carbonyl (C=O) groups excluding carboxylic acids is 4. The number of benzene rings is 5. The van der Waals surface area contributed by atoms with Gasteiger partial charge in [0.2, 0.25) is 11.3 Å². The van der Waals surface area contributed by atoms with Crippen molar-refractivity contribution < 1.29 is 29.0 Å². The Balaban J connectivity index is 0.812. The van der Waals surface area contributed by atoms with Crippen LogP contribution in [0.2, 0.25) is 5.02 Å². The normalized spacial score (nSPS) is 15.5. The highest BCUT2D eigenvalue weighted by Crippen LogP contribution is 2.49. The zero-order valence-electron chi connectivity index (χ0n) is 38.8. The van der Waals surface area contributed by atoms with E-state index in [0.29, 0.717) is 53.2 Å². The molecule has 1 aromatic heterocycles. The monoisotopic (exact) mass is 926 g/mol. The summed E-state index contributed by atoms with van der Waals surface area (Å²) in [4.78, 5) is 56.6. The number of amides is 1. The first-order chi connectivity index (χ1) is 33.0. The number of nitrogens with zero attached hydrogens (tertiary/aromatic N) is 3. The van der Waals surface area contributed by atoms with Crippen LogP contribution in [0.4, 0.5) is 5.69 Å². The summed E-state index contributed by atoms with van der Waals surface area (Å²) in [7, 11) is 0. The van der Waals surface area contributed by atoms with Crippen molar-refractivity contribution in [1.82, 2.24) is 14.5 Å². The first kappa shape index (κ1) is 44.0. The minimum atomic E-state index is -1.31. The van der Waals surface area contributed by atoms with E-state index in [1.807, 2.05) is 38.1 Å². The number of ether oxygens (including phenoxy) is 1. The molecule has 0 bridgehead atoms. The van der Waals surface area contributed by atoms with Crippen LogP contribution < -0.4 is 35.2 Å². The predicted molar refractivity (Wildman–Crippen MR) is 263 cm³/mol. The average molecular weight is 928 g/mol. The summed E-state index contributed by atoms with van der Waals surface area (Å²) in [5, 5.41) is 19.9. The molecule has 11 rings (SSSR count). The summed E-state index contributed by atoms with van der Waals surface area (Å²) in [5.74, 6) is -0.0776. The maximum Gasteiger partial charge on any atom is 0.262 e. The Bertz CT molecular complexity index is 3270. The molecule has 10 nitrogen and oxygen atoms in total. The molecule has 0 saturated carbocycles. The molecule has 5 aromatic carbocycles. The zero-order valence-corrected chi connectivity index (χ0v) is 39.6. The van der Waals surface area contributed by atoms with Crippen molar-refractivity contribution in [3.63, 3.8) is 0 Å². The molecular weight excluding hydrogens is 872 g/mol. The molecular formula is C57H55ClN4O6. The number of rotatable bonds is 12. The Morgan fingerprint density at radius 3 is 2.32 bits per heavy atom. The molecule has 11 heteroatoms. The molecule has 6 aromatic rings. The van der Waals surface area contributed by atoms with Crippen LogP contribution in [0.3, 0.4) is 0 Å². The number of ketones is 1. The van der Waals surface area contributed by atoms with Crippen molar-refractivity contribution in [3.8, 4) is 11.5 Å². The summed E-state index contributed by atoms with van der Waals surface area (Å²) < 4.78 is 11.3. The van der Waals surface area contributed by atoms with Crippen molar-refractivity contribution in [2.45, 2.75) is 97.3 Å². The number of carboxylic acids is 1. The third kappa shape index (κ3) is 7.71. The second-order valence-corrected chi connectivity index (χ2v) is 19.8. The molecule has 1 amide bonds. The van der Waals surface area contributed by atoms with Crippen LogP contribution in [0.1, 0.15) is 133 Å². The van der Waals surface area contributed by atoms with Crippen LogP contribution in [0.5, 0.6) is 11.5 Å². The molecule has 0 saturated heterocycles. The third-order valence-corrected chi connectivity index (χ3v) is 15.3. The number of aromatic nitrogens is 1. The number of hydrogen-bond donors (Lipinski definition) is 1. The van der Waals surface area contributed by atoms with Crippen LogP contribution in [-0.2, 0) is 36.9 Å². The van der Waals surface area contributed by atoms with E-state index < -0.39 is 5.97 Å². The second kappa shape index (κ2) is 17.9. The van der Waals surface area contributed by atoms with E-state index >= 15 is 0 Å². The highest BCUT2D eigenvalue weighted by molar-refractivity contribution is 6.30. The predicted octanol–water partition coefficient (Wildman–Crippen LogP) is 7.50. The van der Waals surface area contributed by atoms with E-state index in [0.717, 1.165) is 127 Å². The van der Waals surface area contributed by atoms with Crippen LogP contribution >= 0.6 is 11.6 Å². The minimum absolute atomic E-state index is 0.0104. The molecule has 0 spiro atoms. The van der Waals surface area contributed by atoms with Crippen LogP contribution in [0, 0.1) is 13.8 Å². The number of Topliss-reactive ketones (excluding diaryl/α,β-unsaturated/α-hetero) is 1. The number of anilines is 1. The van der Waals surface area contributed by atoms with Gasteiger partial charge in [0.15, 0.2) is 5.78 Å². The standard InChI is InChI=1S/C57H55ClN4O6/c1-33-15-22-48-44(28-33)43(34(2)62(48)56(65)35-16-19-39(58)20-17-35)32-50(64)59-23-5-3-4-14-49(63)36-18-21-40(45(29-36)57(66)67)51-46-30-37-10-6-24-60-26-8-12-41(52(37)60)54(46)68-55-42-13-9-27-61-25-7-11-38(53(42)61)31-47(51)55/h15-22,28-31H,3-14,23-27,32H2,1-2H3,(H-,59,64,66,67). The number of carboxylic acid groups (broad SMARTS) is 1. The number of nitrogens with one attached hydrogen (secondary N) is 1. The van der Waals surface area contributed by atoms with Crippen molar-refractivity contribution in [3.05, 3.63) is 155 Å². The molecule has 0 radical (unpaired) electrons. The van der Waals surface area contributed by atoms with Crippen LogP contribution in [0.25, 0.3) is 16.5 Å². The maximum absolute atomic E-state index is 13.8. The Morgan fingerprint density at radius 1 is 0.765 bits per heavy atom. The van der Waals surface area contributed by atoms with Gasteiger partial charge < -0.3 is 24.9 Å². The Morgan fingerprint density at radius 2 is 1.51 bits per heavy atom. The first-order valence-corrected chi connectivity index (χ1v) is 24.9. The highest BCUT2D eigenvalue weighted by atomic mass is 35.5. The van der Waals surface area contributed by atoms with E-state index in [1.54, 1.807) is 34.9 Å². The lowest BCUT2D eigenvalue weighted by Crippen LogP contribution is -2.45. The number of unbranched alkanes of at least 4 members (excludes halogenated alkanes) is 2. The van der Waals surface area contributed by atoms with E-state index in [2.05, 4.69) is 26.9 Å². The van der Waals surface area contributed by atoms with Crippen molar-refractivity contribution in [2.75, 3.05) is 37.6 Å². The summed E-state index contributed by atoms with van der Waals surface area (Å²) in [6, 6.07) is 22.3. The molecule has 346 valence electrons. The summed E-state index contributed by atoms with van der Waals surface area (Å²) in [6.07, 6.45) is 10.3. The molecule has 0 unspecified atom stereocenters. The van der Waals surface area contributed by atoms with Gasteiger partial charge in [-0.05, 0) is 137 Å². The number of aromatic carboxylic acids is 1. The van der Waals surface area contributed by atoms with Crippen LogP contribution in [-0.4, -0.2) is 60.9 Å². The fourth-order valence-electron chi connectivity index (χ4n) is 11.9. The number of carbonyl (C=O) groups is 4. The molecule has 0 fully saturated rings. The molecule has 1 N–H and O–H groups in total. The lowest BCUT2D eigenvalue weighted by atomic mass is 9.81. The number of hydrogen-bond acceptors (Lipinski definition) is 7. The average Bonchev–Trinajstić information content (AvgIpc) is 3.61. The smallest absolute Gasteiger partial charge is 0.262 e. The molecule has 0 atom stereocenters. The lowest BCUT2D eigenvalue weighted by Gasteiger charge is -2.39. The van der Waals surface area contributed by atoms with Gasteiger partial charge in [-0.2, -0.15) is 0 Å². The van der Waals surface area contributed by atoms with Crippen molar-refractivity contribution in [2.24, 2.45) is 0 Å². The second-order valence-electron chi connectivity index (χ2n) is 19.4. The van der Waals surface area contributed by atoms with Gasteiger partial charge in [-0.15, -0.1) is 0 Å². The van der Waals surface area contributed by atoms with Gasteiger partial charge in [-0.3, -0.25) is 19.0 Å². The first-order valence-electron chi connectivity index (χ1n) is 24.5. The highest BCUT2D eigenvalue weighted by Gasteiger charge is 2.36. The van der Waals surface area contributed by atoms with E-state index in [4.69, 9.17) is 16.3 Å². The third-order valence-electron chi connectivity index (χ3n) is 15.0. The lowest BCUT2D eigenvalue weighted by molar-refractivity contribution is -0.255. The number of halogens is 1. The number of aryl methyl sites for hydroxylation is 3. The summed E-state index contributed by atoms with van der Waals surface area (Å²) in [5.41, 5.74) is 12.8. The molecule has 5 aliphatic heterocycles. The van der Waals surface area contributed by atoms with Gasteiger partial charge >= 0.3 is 0 Å². The van der Waals surface area contributed by atoms with Gasteiger partial charge in [-0.25, -0.2) is 4.58 Å². The summed E-state index contributed by atoms with van der Waals surface area (Å²) in [6.45, 7) is 8.44. The van der Waals surface area contributed by atoms with Crippen molar-refractivity contribution in [1.29, 1.82) is 0 Å². The SMILES string of the molecule is Cc1ccc2c(c1)c(CC(=O)NCCCCCC(=O)c1ccc(C3=c4cc5c6c(c4Oc4c3cc3c7c4CCCN7CCC3)CCC[N+]=6CCC5)c(C(=O)[O-])c1)c(C)n2C(=O)c1ccc(Cl)cc1. The molecule has 68 heavy (non-hydrogen) atoms. The zero-order chi connectivity index (χ0) is 46.8. The quantitative estimate of drug-likeness (QED) is 0.0766. The van der Waals surface area contributed by atoms with Gasteiger partial charge in [-0.1, -0.05) is 41.8 Å². The topological polar surface area (TPSA) is 124 Å². The fraction of sp³-hybridized carbons (Fsp3) is 0.351. The largest absolute Gasteiger partial charge is 0.545 e. The van der Waals surface area contributed by atoms with Crippen LogP contribution in [0.15, 0.2) is 72.8 Å². The Labute approximate surface area is 400 Å². The summed E-state index contributed by atoms with van der Waals surface area (Å²) >= 11 is 6.09. The Kier molecular flexibility index (Phi) is 11.6. The van der Waals surface area contributed by atoms with Gasteiger partial charge in [0.1, 0.15) is 24.6 Å². The molecule has 0 aliphatic carbocycles. The van der Waals surface area contributed by atoms with Gasteiger partial charge in [0.25, 0.3) is 5.91 Å². The Hall–Kier alpha value is -6.52. The molecule has 6 heterocycles. The van der Waals surface area contributed by atoms with Crippen molar-refractivity contribution >= 4 is 57.3 Å². The van der Waals surface area contributed by atoms with Gasteiger partial charge in [0.05, 0.1) is 23.5 Å². The fourth-order valence-corrected chi connectivity index (χ4v) is 12.0. The number of fused-ring (bicyclic) bond motifs is 5. The molecule has 5 aliphatic rings. The van der Waals surface area contributed by atoms with E-state index in [-0.39, 0.29) is 36.0 Å².